The van der Waals surface area contributed by atoms with Gasteiger partial charge in [-0.15, -0.1) is 0 Å². The quantitative estimate of drug-likeness (QED) is 0.883. The average Bonchev–Trinajstić information content (AvgIpc) is 2.99. The van der Waals surface area contributed by atoms with E-state index >= 15 is 0 Å². The number of ether oxygens (including phenoxy) is 1. The van der Waals surface area contributed by atoms with Crippen molar-refractivity contribution in [1.82, 2.24) is 14.5 Å². The molecule has 4 rings (SSSR count). The first-order chi connectivity index (χ1) is 13.0. The second kappa shape index (κ2) is 7.40. The van der Waals surface area contributed by atoms with E-state index in [2.05, 4.69) is 23.7 Å². The zero-order chi connectivity index (χ0) is 19.0. The lowest BCUT2D eigenvalue weighted by molar-refractivity contribution is -0.0273. The molecule has 0 spiro atoms. The van der Waals surface area contributed by atoms with Crippen LogP contribution in [0.4, 0.5) is 4.39 Å². The summed E-state index contributed by atoms with van der Waals surface area (Å²) in [6.07, 6.45) is 6.86. The molecule has 1 saturated heterocycles. The van der Waals surface area contributed by atoms with Gasteiger partial charge in [0.1, 0.15) is 5.82 Å². The number of hydrogen-bond acceptors (Lipinski definition) is 3. The lowest BCUT2D eigenvalue weighted by Crippen LogP contribution is -2.53. The van der Waals surface area contributed by atoms with Crippen molar-refractivity contribution in [2.75, 3.05) is 19.7 Å². The molecule has 1 aliphatic carbocycles. The molecule has 0 unspecified atom stereocenters. The fraction of sp³-hybridized carbons (Fsp3) is 0.667. The third kappa shape index (κ3) is 3.57. The monoisotopic (exact) mass is 375 g/mol. The van der Waals surface area contributed by atoms with Crippen LogP contribution in [0, 0.1) is 5.82 Å². The molecule has 5 nitrogen and oxygen atoms in total. The van der Waals surface area contributed by atoms with Gasteiger partial charge in [-0.1, -0.05) is 0 Å². The van der Waals surface area contributed by atoms with Gasteiger partial charge >= 0.3 is 5.69 Å². The first-order valence-corrected chi connectivity index (χ1v) is 10.3. The minimum atomic E-state index is -0.300. The highest BCUT2D eigenvalue weighted by Crippen LogP contribution is 2.38. The third-order valence-electron chi connectivity index (χ3n) is 6.68. The van der Waals surface area contributed by atoms with Gasteiger partial charge in [0, 0.05) is 31.3 Å². The smallest absolute Gasteiger partial charge is 0.326 e. The van der Waals surface area contributed by atoms with Crippen molar-refractivity contribution in [3.05, 3.63) is 34.5 Å². The minimum Gasteiger partial charge on any atom is -0.379 e. The number of aromatic amines is 1. The number of piperidine rings is 1. The number of benzene rings is 1. The molecule has 0 bridgehead atoms. The molecule has 0 radical (unpaired) electrons. The van der Waals surface area contributed by atoms with Gasteiger partial charge in [-0.05, 0) is 70.6 Å². The Bertz CT molecular complexity index is 843. The van der Waals surface area contributed by atoms with Crippen LogP contribution in [-0.2, 0) is 4.74 Å². The first-order valence-electron chi connectivity index (χ1n) is 10.3. The number of rotatable bonds is 4. The summed E-state index contributed by atoms with van der Waals surface area (Å²) in [6, 6.07) is 4.64. The summed E-state index contributed by atoms with van der Waals surface area (Å²) in [4.78, 5) is 17.9. The van der Waals surface area contributed by atoms with E-state index in [0.29, 0.717) is 17.1 Å². The second-order valence-electron chi connectivity index (χ2n) is 8.33. The van der Waals surface area contributed by atoms with Gasteiger partial charge < -0.3 is 9.72 Å². The van der Waals surface area contributed by atoms with Crippen LogP contribution in [0.2, 0.25) is 0 Å². The Morgan fingerprint density at radius 1 is 1.22 bits per heavy atom. The number of imidazole rings is 1. The lowest BCUT2D eigenvalue weighted by Gasteiger charge is -2.48. The van der Waals surface area contributed by atoms with E-state index in [1.54, 1.807) is 10.6 Å². The summed E-state index contributed by atoms with van der Waals surface area (Å²) in [5.41, 5.74) is 1.50. The normalized spacial score (nSPS) is 28.0. The number of nitrogens with one attached hydrogen (secondary N) is 1. The summed E-state index contributed by atoms with van der Waals surface area (Å²) in [7, 11) is 0. The van der Waals surface area contributed by atoms with Crippen LogP contribution in [-0.4, -0.2) is 45.8 Å². The molecule has 2 aromatic rings. The van der Waals surface area contributed by atoms with E-state index < -0.39 is 0 Å². The van der Waals surface area contributed by atoms with Crippen LogP contribution >= 0.6 is 0 Å². The SMILES string of the molecule is CCOC1CCC(C)(N2CCC(n3c(=O)[nH]c4ccc(F)cc43)CC2)CC1. The van der Waals surface area contributed by atoms with Crippen molar-refractivity contribution in [3.8, 4) is 0 Å². The maximum Gasteiger partial charge on any atom is 0.326 e. The summed E-state index contributed by atoms with van der Waals surface area (Å²) in [6.45, 7) is 7.20. The molecule has 0 atom stereocenters. The van der Waals surface area contributed by atoms with Crippen LogP contribution in [0.1, 0.15) is 58.4 Å². The van der Waals surface area contributed by atoms with Gasteiger partial charge in [-0.2, -0.15) is 0 Å². The highest BCUT2D eigenvalue weighted by molar-refractivity contribution is 5.75. The van der Waals surface area contributed by atoms with Crippen molar-refractivity contribution in [3.63, 3.8) is 0 Å². The van der Waals surface area contributed by atoms with Crippen LogP contribution < -0.4 is 5.69 Å². The highest BCUT2D eigenvalue weighted by Gasteiger charge is 2.38. The van der Waals surface area contributed by atoms with Crippen LogP contribution in [0.25, 0.3) is 11.0 Å². The number of H-pyrrole nitrogens is 1. The molecule has 2 heterocycles. The van der Waals surface area contributed by atoms with Gasteiger partial charge in [0.25, 0.3) is 0 Å². The molecule has 148 valence electrons. The van der Waals surface area contributed by atoms with Crippen molar-refractivity contribution < 1.29 is 9.13 Å². The van der Waals surface area contributed by atoms with Crippen LogP contribution in [0.3, 0.4) is 0 Å². The summed E-state index contributed by atoms with van der Waals surface area (Å²) >= 11 is 0. The van der Waals surface area contributed by atoms with E-state index in [0.717, 1.165) is 45.4 Å². The molecule has 2 aliphatic rings. The van der Waals surface area contributed by atoms with Crippen LogP contribution in [0.15, 0.2) is 23.0 Å². The number of likely N-dealkylation sites (tertiary alicyclic amines) is 1. The molecule has 2 fully saturated rings. The maximum absolute atomic E-state index is 13.7. The molecular formula is C21H30FN3O2. The average molecular weight is 375 g/mol. The Morgan fingerprint density at radius 2 is 1.93 bits per heavy atom. The summed E-state index contributed by atoms with van der Waals surface area (Å²) in [5, 5.41) is 0. The van der Waals surface area contributed by atoms with Gasteiger partial charge in [-0.25, -0.2) is 9.18 Å². The Kier molecular flexibility index (Phi) is 5.12. The highest BCUT2D eigenvalue weighted by atomic mass is 19.1. The fourth-order valence-corrected chi connectivity index (χ4v) is 5.05. The number of aromatic nitrogens is 2. The van der Waals surface area contributed by atoms with Crippen molar-refractivity contribution in [1.29, 1.82) is 0 Å². The fourth-order valence-electron chi connectivity index (χ4n) is 5.05. The molecule has 6 heteroatoms. The van der Waals surface area contributed by atoms with Crippen molar-refractivity contribution in [2.45, 2.75) is 70.1 Å². The predicted molar refractivity (Wildman–Crippen MR) is 105 cm³/mol. The summed E-state index contributed by atoms with van der Waals surface area (Å²) in [5.74, 6) is -0.300. The molecule has 1 N–H and O–H groups in total. The van der Waals surface area contributed by atoms with Crippen molar-refractivity contribution >= 4 is 11.0 Å². The largest absolute Gasteiger partial charge is 0.379 e. The van der Waals surface area contributed by atoms with Gasteiger partial charge in [0.2, 0.25) is 0 Å². The van der Waals surface area contributed by atoms with E-state index in [1.807, 2.05) is 0 Å². The van der Waals surface area contributed by atoms with Gasteiger partial charge in [0.15, 0.2) is 0 Å². The molecule has 27 heavy (non-hydrogen) atoms. The van der Waals surface area contributed by atoms with Crippen molar-refractivity contribution in [2.24, 2.45) is 0 Å². The number of hydrogen-bond donors (Lipinski definition) is 1. The third-order valence-corrected chi connectivity index (χ3v) is 6.68. The second-order valence-corrected chi connectivity index (χ2v) is 8.33. The predicted octanol–water partition coefficient (Wildman–Crippen LogP) is 3.84. The molecule has 0 amide bonds. The van der Waals surface area contributed by atoms with Gasteiger partial charge in [0.05, 0.1) is 17.1 Å². The molecule has 1 saturated carbocycles. The zero-order valence-electron chi connectivity index (χ0n) is 16.3. The zero-order valence-corrected chi connectivity index (χ0v) is 16.3. The van der Waals surface area contributed by atoms with E-state index in [4.69, 9.17) is 4.74 Å². The van der Waals surface area contributed by atoms with E-state index in [1.165, 1.54) is 25.0 Å². The van der Waals surface area contributed by atoms with Crippen LogP contribution in [0.5, 0.6) is 0 Å². The lowest BCUT2D eigenvalue weighted by atomic mass is 9.79. The minimum absolute atomic E-state index is 0.127. The Balaban J connectivity index is 1.45. The molecule has 1 aliphatic heterocycles. The van der Waals surface area contributed by atoms with E-state index in [-0.39, 0.29) is 23.1 Å². The Hall–Kier alpha value is -1.66. The Morgan fingerprint density at radius 3 is 2.59 bits per heavy atom. The topological polar surface area (TPSA) is 50.3 Å². The molecule has 1 aromatic heterocycles. The summed E-state index contributed by atoms with van der Waals surface area (Å²) < 4.78 is 21.3. The number of halogens is 1. The number of nitrogens with zero attached hydrogens (tertiary/aromatic N) is 2. The Labute approximate surface area is 159 Å². The number of fused-ring (bicyclic) bond motifs is 1. The van der Waals surface area contributed by atoms with E-state index in [9.17, 15) is 9.18 Å². The molecule has 1 aromatic carbocycles. The standard InChI is InChI=1S/C21H30FN3O2/c1-3-27-17-6-10-21(2,11-7-17)24-12-8-16(9-13-24)25-19-14-15(22)4-5-18(19)23-20(25)26/h4-5,14,16-17H,3,6-13H2,1-2H3,(H,23,26). The first kappa shape index (κ1) is 18.7. The van der Waals surface area contributed by atoms with Gasteiger partial charge in [-0.3, -0.25) is 9.47 Å². The maximum atomic E-state index is 13.7. The molecular weight excluding hydrogens is 345 g/mol.